The number of nitrogens with zero attached hydrogens (tertiary/aromatic N) is 1. The molecule has 0 aliphatic carbocycles. The minimum Gasteiger partial charge on any atom is -0.389 e. The van der Waals surface area contributed by atoms with Crippen LogP contribution in [-0.2, 0) is 4.74 Å². The predicted molar refractivity (Wildman–Crippen MR) is 123 cm³/mol. The summed E-state index contributed by atoms with van der Waals surface area (Å²) in [5.41, 5.74) is 0.505. The van der Waals surface area contributed by atoms with Gasteiger partial charge in [0, 0.05) is 17.6 Å². The lowest BCUT2D eigenvalue weighted by molar-refractivity contribution is -0.00256. The summed E-state index contributed by atoms with van der Waals surface area (Å²) in [6.07, 6.45) is 3.45. The monoisotopic (exact) mass is 398 g/mol. The van der Waals surface area contributed by atoms with Gasteiger partial charge in [0.15, 0.2) is 0 Å². The first-order chi connectivity index (χ1) is 12.5. The van der Waals surface area contributed by atoms with Gasteiger partial charge < -0.3 is 15.2 Å². The van der Waals surface area contributed by atoms with Gasteiger partial charge in [-0.3, -0.25) is 4.90 Å². The maximum Gasteiger partial charge on any atom is 0.0900 e. The molecule has 0 radical (unpaired) electrons. The quantitative estimate of drug-likeness (QED) is 0.343. The van der Waals surface area contributed by atoms with E-state index in [4.69, 9.17) is 4.74 Å². The van der Waals surface area contributed by atoms with Crippen molar-refractivity contribution < 1.29 is 9.84 Å². The van der Waals surface area contributed by atoms with Gasteiger partial charge in [0.1, 0.15) is 0 Å². The van der Waals surface area contributed by atoms with Crippen molar-refractivity contribution in [3.63, 3.8) is 0 Å². The number of β-amino-alcohol motifs (C(OH)–C–C–N with tert-alkyl or cyclic N) is 1. The Bertz CT molecular complexity index is 445. The average molecular weight is 399 g/mol. The van der Waals surface area contributed by atoms with E-state index in [0.717, 1.165) is 25.9 Å². The highest BCUT2D eigenvalue weighted by molar-refractivity contribution is 4.94. The summed E-state index contributed by atoms with van der Waals surface area (Å²) in [5.74, 6) is 0. The van der Waals surface area contributed by atoms with Crippen molar-refractivity contribution in [2.24, 2.45) is 10.8 Å². The largest absolute Gasteiger partial charge is 0.389 e. The Morgan fingerprint density at radius 2 is 1.57 bits per heavy atom. The Kier molecular flexibility index (Phi) is 10.9. The highest BCUT2D eigenvalue weighted by atomic mass is 16.5. The second-order valence-electron chi connectivity index (χ2n) is 11.6. The van der Waals surface area contributed by atoms with Crippen LogP contribution in [0.5, 0.6) is 0 Å². The molecule has 0 bridgehead atoms. The van der Waals surface area contributed by atoms with Gasteiger partial charge >= 0.3 is 0 Å². The van der Waals surface area contributed by atoms with Crippen LogP contribution in [0.25, 0.3) is 0 Å². The third-order valence-corrected chi connectivity index (χ3v) is 6.07. The smallest absolute Gasteiger partial charge is 0.0900 e. The fraction of sp³-hybridized carbons (Fsp3) is 0.917. The number of nitrogens with one attached hydrogen (secondary N) is 1. The molecule has 28 heavy (non-hydrogen) atoms. The molecule has 0 saturated heterocycles. The van der Waals surface area contributed by atoms with Crippen LogP contribution < -0.4 is 5.32 Å². The fourth-order valence-electron chi connectivity index (χ4n) is 3.01. The first-order valence-corrected chi connectivity index (χ1v) is 10.9. The van der Waals surface area contributed by atoms with Gasteiger partial charge in [-0.15, -0.1) is 6.58 Å². The van der Waals surface area contributed by atoms with Gasteiger partial charge in [-0.1, -0.05) is 40.7 Å². The molecule has 0 aliphatic heterocycles. The lowest BCUT2D eigenvalue weighted by atomic mass is 9.71. The molecule has 2 N–H and O–H groups in total. The summed E-state index contributed by atoms with van der Waals surface area (Å²) < 4.78 is 5.42. The van der Waals surface area contributed by atoms with Gasteiger partial charge in [0.2, 0.25) is 0 Å². The van der Waals surface area contributed by atoms with Crippen molar-refractivity contribution in [3.8, 4) is 0 Å². The Balaban J connectivity index is 4.84. The maximum atomic E-state index is 10.4. The van der Waals surface area contributed by atoms with Gasteiger partial charge in [0.05, 0.1) is 19.3 Å². The number of rotatable bonds is 13. The lowest BCUT2D eigenvalue weighted by Gasteiger charge is -2.46. The van der Waals surface area contributed by atoms with E-state index in [0.29, 0.717) is 25.2 Å². The van der Waals surface area contributed by atoms with E-state index in [2.05, 4.69) is 86.0 Å². The van der Waals surface area contributed by atoms with E-state index >= 15 is 0 Å². The molecule has 0 aliphatic rings. The number of ether oxygens (including phenoxy) is 1. The molecule has 0 amide bonds. The SMILES string of the molecule is C=CCOCC(O)CN(CCC(C)(C)C(C)(C)NCCC(C)(C)C)C(C)(C)C. The molecule has 0 rings (SSSR count). The molecular formula is C24H50N2O2. The topological polar surface area (TPSA) is 44.7 Å². The van der Waals surface area contributed by atoms with Crippen molar-refractivity contribution in [2.45, 2.75) is 99.3 Å². The molecule has 168 valence electrons. The van der Waals surface area contributed by atoms with E-state index in [1.807, 2.05) is 0 Å². The zero-order valence-corrected chi connectivity index (χ0v) is 20.6. The third-order valence-electron chi connectivity index (χ3n) is 6.07. The van der Waals surface area contributed by atoms with Crippen LogP contribution in [0.3, 0.4) is 0 Å². The van der Waals surface area contributed by atoms with Crippen LogP contribution >= 0.6 is 0 Å². The Labute approximate surface area is 176 Å². The summed E-state index contributed by atoms with van der Waals surface area (Å²) in [4.78, 5) is 2.38. The van der Waals surface area contributed by atoms with Crippen molar-refractivity contribution in [3.05, 3.63) is 12.7 Å². The summed E-state index contributed by atoms with van der Waals surface area (Å²) in [6, 6.07) is 0. The van der Waals surface area contributed by atoms with Crippen molar-refractivity contribution >= 4 is 0 Å². The molecule has 1 atom stereocenters. The van der Waals surface area contributed by atoms with Gasteiger partial charge in [0.25, 0.3) is 0 Å². The molecule has 4 heteroatoms. The van der Waals surface area contributed by atoms with Crippen molar-refractivity contribution in [1.29, 1.82) is 0 Å². The van der Waals surface area contributed by atoms with Crippen molar-refractivity contribution in [2.75, 3.05) is 32.8 Å². The predicted octanol–water partition coefficient (Wildman–Crippen LogP) is 4.87. The second kappa shape index (κ2) is 11.1. The van der Waals surface area contributed by atoms with Gasteiger partial charge in [-0.2, -0.15) is 0 Å². The number of hydrogen-bond acceptors (Lipinski definition) is 4. The molecule has 1 unspecified atom stereocenters. The third kappa shape index (κ3) is 10.9. The number of aliphatic hydroxyl groups is 1. The Morgan fingerprint density at radius 3 is 2.04 bits per heavy atom. The standard InChI is InChI=1S/C24H50N2O2/c1-12-17-28-19-20(27)18-26(22(5,6)7)16-14-23(8,9)24(10,11)25-15-13-21(2,3)4/h12,20,25,27H,1,13-19H2,2-11H3. The summed E-state index contributed by atoms with van der Waals surface area (Å²) in [6.45, 7) is 29.9. The highest BCUT2D eigenvalue weighted by Gasteiger charge is 2.37. The van der Waals surface area contributed by atoms with Gasteiger partial charge in [-0.05, 0) is 71.4 Å². The normalized spacial score (nSPS) is 15.1. The van der Waals surface area contributed by atoms with Crippen LogP contribution in [-0.4, -0.2) is 60.0 Å². The zero-order valence-electron chi connectivity index (χ0n) is 20.6. The van der Waals surface area contributed by atoms with Crippen LogP contribution in [0.4, 0.5) is 0 Å². The summed E-state index contributed by atoms with van der Waals surface area (Å²) in [5, 5.41) is 14.2. The maximum absolute atomic E-state index is 10.4. The second-order valence-corrected chi connectivity index (χ2v) is 11.6. The van der Waals surface area contributed by atoms with Crippen LogP contribution in [0.15, 0.2) is 12.7 Å². The minimum atomic E-state index is -0.486. The van der Waals surface area contributed by atoms with E-state index in [9.17, 15) is 5.11 Å². The molecule has 0 heterocycles. The minimum absolute atomic E-state index is 0.000691. The Morgan fingerprint density at radius 1 is 1.00 bits per heavy atom. The van der Waals surface area contributed by atoms with E-state index in [1.54, 1.807) is 6.08 Å². The molecule has 4 nitrogen and oxygen atoms in total. The molecule has 0 aromatic heterocycles. The zero-order chi connectivity index (χ0) is 22.2. The first-order valence-electron chi connectivity index (χ1n) is 10.9. The molecule has 0 saturated carbocycles. The summed E-state index contributed by atoms with van der Waals surface area (Å²) in [7, 11) is 0. The van der Waals surface area contributed by atoms with Crippen LogP contribution in [0.2, 0.25) is 0 Å². The van der Waals surface area contributed by atoms with E-state index in [-0.39, 0.29) is 16.5 Å². The molecular weight excluding hydrogens is 348 g/mol. The van der Waals surface area contributed by atoms with Gasteiger partial charge in [-0.25, -0.2) is 0 Å². The van der Waals surface area contributed by atoms with E-state index in [1.165, 1.54) is 0 Å². The van der Waals surface area contributed by atoms with Crippen LogP contribution in [0.1, 0.15) is 82.1 Å². The molecule has 0 fully saturated rings. The number of aliphatic hydroxyl groups excluding tert-OH is 1. The Hall–Kier alpha value is -0.420. The van der Waals surface area contributed by atoms with Crippen molar-refractivity contribution in [1.82, 2.24) is 10.2 Å². The highest BCUT2D eigenvalue weighted by Crippen LogP contribution is 2.35. The lowest BCUT2D eigenvalue weighted by Crippen LogP contribution is -2.54. The molecule has 0 spiro atoms. The number of hydrogen-bond donors (Lipinski definition) is 2. The van der Waals surface area contributed by atoms with E-state index < -0.39 is 6.10 Å². The average Bonchev–Trinajstić information content (AvgIpc) is 2.48. The fourth-order valence-corrected chi connectivity index (χ4v) is 3.01. The molecule has 0 aromatic carbocycles. The summed E-state index contributed by atoms with van der Waals surface area (Å²) >= 11 is 0. The first kappa shape index (κ1) is 27.6. The molecule has 0 aromatic rings. The van der Waals surface area contributed by atoms with Crippen LogP contribution in [0, 0.1) is 10.8 Å².